The third-order valence-electron chi connectivity index (χ3n) is 2.15. The van der Waals surface area contributed by atoms with Gasteiger partial charge in [0.25, 0.3) is 5.91 Å². The minimum Gasteiger partial charge on any atom is -0.354 e. The molecule has 82 valence electrons. The summed E-state index contributed by atoms with van der Waals surface area (Å²) in [6.07, 6.45) is 3.23. The first kappa shape index (κ1) is 10.3. The van der Waals surface area contributed by atoms with Gasteiger partial charge >= 0.3 is 0 Å². The average Bonchev–Trinajstić information content (AvgIpc) is 2.77. The van der Waals surface area contributed by atoms with Crippen molar-refractivity contribution in [2.75, 3.05) is 7.05 Å². The Balaban J connectivity index is 2.48. The van der Waals surface area contributed by atoms with Crippen molar-refractivity contribution < 1.29 is 4.79 Å². The molecular weight excluding hydrogens is 206 g/mol. The van der Waals surface area contributed by atoms with E-state index in [0.29, 0.717) is 22.8 Å². The summed E-state index contributed by atoms with van der Waals surface area (Å²) in [7, 11) is 1.57. The smallest absolute Gasteiger partial charge is 0.269 e. The molecule has 2 rings (SSSR count). The highest BCUT2D eigenvalue weighted by Crippen LogP contribution is 2.19. The first-order valence-electron chi connectivity index (χ1n) is 4.78. The van der Waals surface area contributed by atoms with Gasteiger partial charge in [0, 0.05) is 13.2 Å². The van der Waals surface area contributed by atoms with Gasteiger partial charge in [-0.2, -0.15) is 5.10 Å². The lowest BCUT2D eigenvalue weighted by molar-refractivity contribution is 0.0958. The minimum absolute atomic E-state index is 0.219. The van der Waals surface area contributed by atoms with Crippen LogP contribution < -0.4 is 5.32 Å². The lowest BCUT2D eigenvalue weighted by Crippen LogP contribution is -2.19. The molecule has 6 heteroatoms. The zero-order valence-electron chi connectivity index (χ0n) is 8.98. The van der Waals surface area contributed by atoms with Gasteiger partial charge < -0.3 is 5.32 Å². The van der Waals surface area contributed by atoms with Crippen molar-refractivity contribution in [3.05, 3.63) is 30.0 Å². The van der Waals surface area contributed by atoms with Gasteiger partial charge in [-0.25, -0.2) is 9.97 Å². The first-order valence-corrected chi connectivity index (χ1v) is 4.78. The molecule has 0 fully saturated rings. The van der Waals surface area contributed by atoms with E-state index in [1.165, 1.54) is 0 Å². The Bertz CT molecular complexity index is 519. The van der Waals surface area contributed by atoms with Gasteiger partial charge in [0.1, 0.15) is 11.5 Å². The average molecular weight is 217 g/mol. The Labute approximate surface area is 92.1 Å². The molecule has 0 aliphatic carbocycles. The van der Waals surface area contributed by atoms with E-state index in [4.69, 9.17) is 0 Å². The van der Waals surface area contributed by atoms with Crippen LogP contribution in [0.2, 0.25) is 0 Å². The van der Waals surface area contributed by atoms with E-state index in [1.807, 2.05) is 0 Å². The zero-order valence-corrected chi connectivity index (χ0v) is 8.98. The third-order valence-corrected chi connectivity index (χ3v) is 2.15. The number of nitrogens with zero attached hydrogens (tertiary/aromatic N) is 3. The molecule has 0 radical (unpaired) electrons. The summed E-state index contributed by atoms with van der Waals surface area (Å²) in [5, 5.41) is 9.04. The molecule has 16 heavy (non-hydrogen) atoms. The van der Waals surface area contributed by atoms with Crippen LogP contribution in [0.4, 0.5) is 0 Å². The molecular formula is C10H11N5O. The van der Waals surface area contributed by atoms with Crippen LogP contribution in [-0.2, 0) is 0 Å². The largest absolute Gasteiger partial charge is 0.354 e. The summed E-state index contributed by atoms with van der Waals surface area (Å²) in [5.74, 6) is 0.435. The van der Waals surface area contributed by atoms with Crippen LogP contribution in [0.5, 0.6) is 0 Å². The molecule has 0 aliphatic rings. The molecule has 2 aromatic rings. The lowest BCUT2D eigenvalue weighted by Gasteiger charge is -2.01. The summed E-state index contributed by atoms with van der Waals surface area (Å²) >= 11 is 0. The van der Waals surface area contributed by atoms with Gasteiger partial charge in [0.15, 0.2) is 0 Å². The number of aryl methyl sites for hydroxylation is 1. The predicted octanol–water partition coefficient (Wildman–Crippen LogP) is 0.535. The Morgan fingerprint density at radius 1 is 1.50 bits per heavy atom. The second-order valence-electron chi connectivity index (χ2n) is 3.23. The maximum absolute atomic E-state index is 11.5. The number of carbonyl (C=O) groups excluding carboxylic acids is 1. The van der Waals surface area contributed by atoms with E-state index >= 15 is 0 Å². The summed E-state index contributed by atoms with van der Waals surface area (Å²) in [6, 6.07) is 1.74. The van der Waals surface area contributed by atoms with E-state index in [1.54, 1.807) is 32.4 Å². The van der Waals surface area contributed by atoms with Crippen LogP contribution in [0, 0.1) is 6.92 Å². The van der Waals surface area contributed by atoms with Crippen molar-refractivity contribution in [2.45, 2.75) is 6.92 Å². The molecule has 0 aliphatic heterocycles. The highest BCUT2D eigenvalue weighted by Gasteiger charge is 2.14. The number of rotatable bonds is 2. The van der Waals surface area contributed by atoms with E-state index in [2.05, 4.69) is 25.5 Å². The van der Waals surface area contributed by atoms with Crippen LogP contribution in [-0.4, -0.2) is 33.1 Å². The fourth-order valence-corrected chi connectivity index (χ4v) is 1.38. The van der Waals surface area contributed by atoms with Gasteiger partial charge in [-0.1, -0.05) is 0 Å². The van der Waals surface area contributed by atoms with Crippen molar-refractivity contribution in [2.24, 2.45) is 0 Å². The molecule has 0 saturated heterocycles. The van der Waals surface area contributed by atoms with Crippen LogP contribution in [0.1, 0.15) is 16.3 Å². The number of carbonyl (C=O) groups is 1. The molecule has 0 atom stereocenters. The van der Waals surface area contributed by atoms with E-state index in [0.717, 1.165) is 0 Å². The van der Waals surface area contributed by atoms with Crippen LogP contribution in [0.15, 0.2) is 18.5 Å². The van der Waals surface area contributed by atoms with Gasteiger partial charge in [0.05, 0.1) is 17.5 Å². The standard InChI is InChI=1S/C10H11N5O/c1-6-12-4-3-8(14-6)7-5-13-15-9(7)10(16)11-2/h3-5H,1-2H3,(H,11,16)(H,13,15). The first-order chi connectivity index (χ1) is 7.72. The molecule has 0 saturated carbocycles. The molecule has 2 heterocycles. The van der Waals surface area contributed by atoms with Crippen LogP contribution in [0.3, 0.4) is 0 Å². The predicted molar refractivity (Wildman–Crippen MR) is 57.7 cm³/mol. The quantitative estimate of drug-likeness (QED) is 0.768. The highest BCUT2D eigenvalue weighted by atomic mass is 16.1. The number of H-pyrrole nitrogens is 1. The van der Waals surface area contributed by atoms with Gasteiger partial charge in [-0.15, -0.1) is 0 Å². The van der Waals surface area contributed by atoms with Crippen molar-refractivity contribution >= 4 is 5.91 Å². The third kappa shape index (κ3) is 1.77. The maximum atomic E-state index is 11.5. The fraction of sp³-hybridized carbons (Fsp3) is 0.200. The summed E-state index contributed by atoms with van der Waals surface area (Å²) < 4.78 is 0. The number of amides is 1. The van der Waals surface area contributed by atoms with Crippen molar-refractivity contribution in [1.82, 2.24) is 25.5 Å². The second-order valence-corrected chi connectivity index (χ2v) is 3.23. The topological polar surface area (TPSA) is 83.6 Å². The normalized spacial score (nSPS) is 10.1. The molecule has 0 unspecified atom stereocenters. The molecule has 6 nitrogen and oxygen atoms in total. The number of hydrogen-bond donors (Lipinski definition) is 2. The van der Waals surface area contributed by atoms with Crippen LogP contribution in [0.25, 0.3) is 11.3 Å². The van der Waals surface area contributed by atoms with E-state index in [9.17, 15) is 4.79 Å². The maximum Gasteiger partial charge on any atom is 0.269 e. The van der Waals surface area contributed by atoms with Crippen molar-refractivity contribution in [3.8, 4) is 11.3 Å². The molecule has 2 aromatic heterocycles. The summed E-state index contributed by atoms with van der Waals surface area (Å²) in [4.78, 5) is 19.8. The Morgan fingerprint density at radius 3 is 3.00 bits per heavy atom. The van der Waals surface area contributed by atoms with Crippen LogP contribution >= 0.6 is 0 Å². The monoisotopic (exact) mass is 217 g/mol. The number of nitrogens with one attached hydrogen (secondary N) is 2. The molecule has 1 amide bonds. The van der Waals surface area contributed by atoms with Gasteiger partial charge in [-0.05, 0) is 13.0 Å². The molecule has 0 aromatic carbocycles. The number of aromatic nitrogens is 4. The van der Waals surface area contributed by atoms with Gasteiger partial charge in [0.2, 0.25) is 0 Å². The Hall–Kier alpha value is -2.24. The van der Waals surface area contributed by atoms with Crippen molar-refractivity contribution in [3.63, 3.8) is 0 Å². The van der Waals surface area contributed by atoms with Crippen molar-refractivity contribution in [1.29, 1.82) is 0 Å². The Kier molecular flexibility index (Phi) is 2.63. The molecule has 0 spiro atoms. The molecule has 2 N–H and O–H groups in total. The highest BCUT2D eigenvalue weighted by molar-refractivity contribution is 5.98. The SMILES string of the molecule is CNC(=O)c1[nH]ncc1-c1ccnc(C)n1. The number of hydrogen-bond acceptors (Lipinski definition) is 4. The zero-order chi connectivity index (χ0) is 11.5. The Morgan fingerprint density at radius 2 is 2.31 bits per heavy atom. The summed E-state index contributed by atoms with van der Waals surface area (Å²) in [5.41, 5.74) is 1.75. The molecule has 0 bridgehead atoms. The minimum atomic E-state index is -0.219. The second kappa shape index (κ2) is 4.09. The van der Waals surface area contributed by atoms with Gasteiger partial charge in [-0.3, -0.25) is 9.89 Å². The fourth-order valence-electron chi connectivity index (χ4n) is 1.38. The summed E-state index contributed by atoms with van der Waals surface area (Å²) in [6.45, 7) is 1.79. The number of aromatic amines is 1. The van der Waals surface area contributed by atoms with E-state index in [-0.39, 0.29) is 5.91 Å². The lowest BCUT2D eigenvalue weighted by atomic mass is 10.1. The van der Waals surface area contributed by atoms with E-state index < -0.39 is 0 Å².